The van der Waals surface area contributed by atoms with Crippen LogP contribution in [0.4, 0.5) is 0 Å². The van der Waals surface area contributed by atoms with Gasteiger partial charge in [-0.25, -0.2) is 0 Å². The predicted molar refractivity (Wildman–Crippen MR) is 79.5 cm³/mol. The predicted octanol–water partition coefficient (Wildman–Crippen LogP) is 1.68. The largest absolute Gasteiger partial charge is 0.308 e. The molecule has 3 nitrogen and oxygen atoms in total. The van der Waals surface area contributed by atoms with Gasteiger partial charge in [0.15, 0.2) is 0 Å². The van der Waals surface area contributed by atoms with Crippen LogP contribution in [0.3, 0.4) is 0 Å². The maximum atomic E-state index is 3.61. The van der Waals surface area contributed by atoms with E-state index in [1.165, 1.54) is 30.6 Å². The van der Waals surface area contributed by atoms with Crippen LogP contribution in [-0.4, -0.2) is 56.6 Å². The summed E-state index contributed by atoms with van der Waals surface area (Å²) in [6.45, 7) is 5.82. The van der Waals surface area contributed by atoms with Gasteiger partial charge in [0.2, 0.25) is 0 Å². The van der Waals surface area contributed by atoms with E-state index in [9.17, 15) is 0 Å². The Morgan fingerprint density at radius 3 is 2.26 bits per heavy atom. The molecule has 104 valence electrons. The highest BCUT2D eigenvalue weighted by atomic mass is 15.2. The molecule has 0 aromatic heterocycles. The third-order valence-corrected chi connectivity index (χ3v) is 4.58. The summed E-state index contributed by atoms with van der Waals surface area (Å²) < 4.78 is 0. The Hall–Kier alpha value is -0.900. The SMILES string of the molecule is CN1CCC(c2ccc(C3CN(C)CCN3)cc2)C1. The summed E-state index contributed by atoms with van der Waals surface area (Å²) in [5, 5.41) is 3.61. The van der Waals surface area contributed by atoms with Gasteiger partial charge in [-0.15, -0.1) is 0 Å². The van der Waals surface area contributed by atoms with E-state index in [1.807, 2.05) is 0 Å². The fourth-order valence-electron chi connectivity index (χ4n) is 3.33. The Labute approximate surface area is 116 Å². The first kappa shape index (κ1) is 13.1. The highest BCUT2D eigenvalue weighted by Gasteiger charge is 2.22. The molecule has 0 spiro atoms. The van der Waals surface area contributed by atoms with Gasteiger partial charge in [0.25, 0.3) is 0 Å². The van der Waals surface area contributed by atoms with Crippen molar-refractivity contribution < 1.29 is 0 Å². The van der Waals surface area contributed by atoms with Gasteiger partial charge in [-0.2, -0.15) is 0 Å². The van der Waals surface area contributed by atoms with Crippen molar-refractivity contribution in [3.8, 4) is 0 Å². The lowest BCUT2D eigenvalue weighted by Gasteiger charge is -2.31. The second-order valence-electron chi connectivity index (χ2n) is 6.18. The zero-order valence-corrected chi connectivity index (χ0v) is 12.1. The lowest BCUT2D eigenvalue weighted by atomic mass is 9.95. The minimum absolute atomic E-state index is 0.499. The number of rotatable bonds is 2. The van der Waals surface area contributed by atoms with Crippen molar-refractivity contribution in [1.29, 1.82) is 0 Å². The molecule has 2 saturated heterocycles. The van der Waals surface area contributed by atoms with Crippen molar-refractivity contribution in [3.05, 3.63) is 35.4 Å². The Balaban J connectivity index is 1.68. The van der Waals surface area contributed by atoms with Crippen LogP contribution in [0.1, 0.15) is 29.5 Å². The van der Waals surface area contributed by atoms with Gasteiger partial charge >= 0.3 is 0 Å². The van der Waals surface area contributed by atoms with Crippen molar-refractivity contribution in [2.45, 2.75) is 18.4 Å². The van der Waals surface area contributed by atoms with Crippen LogP contribution in [0.15, 0.2) is 24.3 Å². The van der Waals surface area contributed by atoms with Crippen molar-refractivity contribution in [2.75, 3.05) is 46.8 Å². The van der Waals surface area contributed by atoms with Crippen molar-refractivity contribution in [3.63, 3.8) is 0 Å². The number of hydrogen-bond acceptors (Lipinski definition) is 3. The molecule has 19 heavy (non-hydrogen) atoms. The van der Waals surface area contributed by atoms with Crippen molar-refractivity contribution >= 4 is 0 Å². The summed E-state index contributed by atoms with van der Waals surface area (Å²) in [4.78, 5) is 4.83. The van der Waals surface area contributed by atoms with Gasteiger partial charge < -0.3 is 15.1 Å². The first-order chi connectivity index (χ1) is 9.22. The topological polar surface area (TPSA) is 18.5 Å². The van der Waals surface area contributed by atoms with Gasteiger partial charge in [-0.3, -0.25) is 0 Å². The molecule has 1 aromatic rings. The minimum Gasteiger partial charge on any atom is -0.308 e. The molecule has 2 unspecified atom stereocenters. The van der Waals surface area contributed by atoms with Gasteiger partial charge in [0.05, 0.1) is 0 Å². The van der Waals surface area contributed by atoms with E-state index in [-0.39, 0.29) is 0 Å². The number of piperazine rings is 1. The molecule has 0 aliphatic carbocycles. The highest BCUT2D eigenvalue weighted by molar-refractivity contribution is 5.28. The molecule has 3 rings (SSSR count). The molecule has 0 radical (unpaired) electrons. The molecular formula is C16H25N3. The molecule has 1 N–H and O–H groups in total. The van der Waals surface area contributed by atoms with Crippen LogP contribution in [0.5, 0.6) is 0 Å². The molecule has 0 saturated carbocycles. The van der Waals surface area contributed by atoms with Gasteiger partial charge in [-0.05, 0) is 44.1 Å². The molecule has 1 aromatic carbocycles. The molecular weight excluding hydrogens is 234 g/mol. The number of likely N-dealkylation sites (N-methyl/N-ethyl adjacent to an activating group) is 2. The van der Waals surface area contributed by atoms with Crippen LogP contribution in [0.25, 0.3) is 0 Å². The Kier molecular flexibility index (Phi) is 3.87. The second-order valence-corrected chi connectivity index (χ2v) is 6.18. The molecule has 0 bridgehead atoms. The van der Waals surface area contributed by atoms with E-state index >= 15 is 0 Å². The molecule has 2 heterocycles. The monoisotopic (exact) mass is 259 g/mol. The first-order valence-electron chi connectivity index (χ1n) is 7.43. The van der Waals surface area contributed by atoms with Crippen LogP contribution in [-0.2, 0) is 0 Å². The molecule has 2 fully saturated rings. The second kappa shape index (κ2) is 5.61. The number of benzene rings is 1. The summed E-state index contributed by atoms with van der Waals surface area (Å²) >= 11 is 0. The van der Waals surface area contributed by atoms with E-state index in [1.54, 1.807) is 0 Å². The molecule has 0 amide bonds. The number of nitrogens with one attached hydrogen (secondary N) is 1. The Morgan fingerprint density at radius 2 is 1.63 bits per heavy atom. The maximum absolute atomic E-state index is 3.61. The van der Waals surface area contributed by atoms with Crippen LogP contribution in [0, 0.1) is 0 Å². The fourth-order valence-corrected chi connectivity index (χ4v) is 3.33. The Morgan fingerprint density at radius 1 is 0.947 bits per heavy atom. The lowest BCUT2D eigenvalue weighted by Crippen LogP contribution is -2.43. The van der Waals surface area contributed by atoms with Gasteiger partial charge in [0, 0.05) is 32.2 Å². The molecule has 2 atom stereocenters. The minimum atomic E-state index is 0.499. The van der Waals surface area contributed by atoms with Crippen LogP contribution >= 0.6 is 0 Å². The average molecular weight is 259 g/mol. The molecule has 2 aliphatic rings. The van der Waals surface area contributed by atoms with Crippen molar-refractivity contribution in [2.24, 2.45) is 0 Å². The Bertz CT molecular complexity index is 415. The molecule has 2 aliphatic heterocycles. The van der Waals surface area contributed by atoms with E-state index in [4.69, 9.17) is 0 Å². The smallest absolute Gasteiger partial charge is 0.0449 e. The molecule has 3 heteroatoms. The van der Waals surface area contributed by atoms with E-state index in [0.717, 1.165) is 25.6 Å². The number of nitrogens with zero attached hydrogens (tertiary/aromatic N) is 2. The fraction of sp³-hybridized carbons (Fsp3) is 0.625. The maximum Gasteiger partial charge on any atom is 0.0449 e. The number of hydrogen-bond donors (Lipinski definition) is 1. The summed E-state index contributed by atoms with van der Waals surface area (Å²) in [5.41, 5.74) is 2.94. The zero-order chi connectivity index (χ0) is 13.2. The van der Waals surface area contributed by atoms with E-state index < -0.39 is 0 Å². The lowest BCUT2D eigenvalue weighted by molar-refractivity contribution is 0.241. The zero-order valence-electron chi connectivity index (χ0n) is 12.1. The third kappa shape index (κ3) is 2.99. The standard InChI is InChI=1S/C16H25N3/c1-18-9-7-15(11-18)13-3-5-14(6-4-13)16-12-19(2)10-8-17-16/h3-6,15-17H,7-12H2,1-2H3. The van der Waals surface area contributed by atoms with Gasteiger partial charge in [0.1, 0.15) is 0 Å². The van der Waals surface area contributed by atoms with Crippen LogP contribution < -0.4 is 5.32 Å². The highest BCUT2D eigenvalue weighted by Crippen LogP contribution is 2.27. The van der Waals surface area contributed by atoms with Gasteiger partial charge in [-0.1, -0.05) is 24.3 Å². The summed E-state index contributed by atoms with van der Waals surface area (Å²) in [6.07, 6.45) is 1.31. The normalized spacial score (nSPS) is 29.8. The quantitative estimate of drug-likeness (QED) is 0.872. The average Bonchev–Trinajstić information content (AvgIpc) is 2.86. The van der Waals surface area contributed by atoms with E-state index in [2.05, 4.69) is 53.5 Å². The van der Waals surface area contributed by atoms with Crippen molar-refractivity contribution in [1.82, 2.24) is 15.1 Å². The summed E-state index contributed by atoms with van der Waals surface area (Å²) in [6, 6.07) is 9.83. The van der Waals surface area contributed by atoms with Crippen LogP contribution in [0.2, 0.25) is 0 Å². The first-order valence-corrected chi connectivity index (χ1v) is 7.43. The third-order valence-electron chi connectivity index (χ3n) is 4.58. The van der Waals surface area contributed by atoms with E-state index in [0.29, 0.717) is 6.04 Å². The summed E-state index contributed by atoms with van der Waals surface area (Å²) in [5.74, 6) is 0.737. The summed E-state index contributed by atoms with van der Waals surface area (Å²) in [7, 11) is 4.42. The number of likely N-dealkylation sites (tertiary alicyclic amines) is 1.